The van der Waals surface area contributed by atoms with E-state index in [1.54, 1.807) is 0 Å². The number of rotatable bonds is 10. The van der Waals surface area contributed by atoms with Gasteiger partial charge < -0.3 is 0 Å². The van der Waals surface area contributed by atoms with Gasteiger partial charge in [-0.2, -0.15) is 0 Å². The first-order valence-electron chi connectivity index (χ1n) is 7.89. The molecule has 0 unspecified atom stereocenters. The summed E-state index contributed by atoms with van der Waals surface area (Å²) >= 11 is 0. The Morgan fingerprint density at radius 3 is 1.52 bits per heavy atom. The molecule has 0 spiro atoms. The summed E-state index contributed by atoms with van der Waals surface area (Å²) < 4.78 is 0. The molecular weight excluding hydrogens is 276 g/mol. The van der Waals surface area contributed by atoms with Crippen LogP contribution in [-0.4, -0.2) is 0 Å². The van der Waals surface area contributed by atoms with Gasteiger partial charge in [0.15, 0.2) is 0 Å². The molecule has 0 aromatic carbocycles. The zero-order valence-electron chi connectivity index (χ0n) is 15.0. The maximum atomic E-state index is 4.11. The highest BCUT2D eigenvalue weighted by Crippen LogP contribution is 2.21. The standard InChI is InChI=1S/C23H30/c1-10-17(3)12-14-19(5)21(7)16-22(8)23(9)20(6)15-13-18(4)11-2/h12-16H,3-7,9-11H2,1-2,8H3/b14-12-,15-13-,22-16-. The van der Waals surface area contributed by atoms with Gasteiger partial charge in [-0.25, -0.2) is 0 Å². The molecule has 0 aromatic rings. The lowest BCUT2D eigenvalue weighted by atomic mass is 9.97. The molecular formula is C23H30. The van der Waals surface area contributed by atoms with Crippen molar-refractivity contribution < 1.29 is 0 Å². The molecule has 0 heteroatoms. The fourth-order valence-electron chi connectivity index (χ4n) is 1.57. The molecule has 0 N–H and O–H groups in total. The lowest BCUT2D eigenvalue weighted by Gasteiger charge is -2.08. The lowest BCUT2D eigenvalue weighted by molar-refractivity contribution is 1.16. The molecule has 0 saturated heterocycles. The second-order valence-corrected chi connectivity index (χ2v) is 5.57. The Morgan fingerprint density at radius 1 is 0.652 bits per heavy atom. The van der Waals surface area contributed by atoms with Crippen LogP contribution >= 0.6 is 0 Å². The quantitative estimate of drug-likeness (QED) is 0.374. The molecule has 0 radical (unpaired) electrons. The highest BCUT2D eigenvalue weighted by molar-refractivity contribution is 5.54. The van der Waals surface area contributed by atoms with E-state index in [-0.39, 0.29) is 0 Å². The van der Waals surface area contributed by atoms with E-state index in [4.69, 9.17) is 0 Å². The van der Waals surface area contributed by atoms with Gasteiger partial charge in [-0.3, -0.25) is 0 Å². The minimum absolute atomic E-state index is 0.860. The SMILES string of the molecule is C=C(/C=C\C(=C)C(=C)/C=C(/C)C(=C)C(=C)/C=C\C(=C)CC)CC. The van der Waals surface area contributed by atoms with Crippen molar-refractivity contribution in [3.05, 3.63) is 109 Å². The number of hydrogen-bond acceptors (Lipinski definition) is 0. The van der Waals surface area contributed by atoms with Crippen LogP contribution in [-0.2, 0) is 0 Å². The smallest absolute Gasteiger partial charge is 0.0232 e. The Kier molecular flexibility index (Phi) is 9.34. The van der Waals surface area contributed by atoms with Crippen molar-refractivity contribution in [3.63, 3.8) is 0 Å². The third-order valence-electron chi connectivity index (χ3n) is 3.62. The van der Waals surface area contributed by atoms with Gasteiger partial charge in [-0.1, -0.05) is 94.8 Å². The van der Waals surface area contributed by atoms with Crippen LogP contribution in [0.15, 0.2) is 109 Å². The summed E-state index contributed by atoms with van der Waals surface area (Å²) in [4.78, 5) is 0. The van der Waals surface area contributed by atoms with E-state index in [0.717, 1.165) is 51.9 Å². The van der Waals surface area contributed by atoms with Crippen molar-refractivity contribution in [1.82, 2.24) is 0 Å². The second-order valence-electron chi connectivity index (χ2n) is 5.57. The van der Waals surface area contributed by atoms with Gasteiger partial charge in [-0.15, -0.1) is 0 Å². The Morgan fingerprint density at radius 2 is 1.09 bits per heavy atom. The predicted molar refractivity (Wildman–Crippen MR) is 107 cm³/mol. The summed E-state index contributed by atoms with van der Waals surface area (Å²) in [5.41, 5.74) is 6.66. The van der Waals surface area contributed by atoms with Gasteiger partial charge in [0.25, 0.3) is 0 Å². The zero-order valence-corrected chi connectivity index (χ0v) is 15.0. The van der Waals surface area contributed by atoms with Gasteiger partial charge in [0.2, 0.25) is 0 Å². The molecule has 0 bridgehead atoms. The van der Waals surface area contributed by atoms with E-state index in [1.807, 2.05) is 37.3 Å². The second kappa shape index (κ2) is 10.4. The highest BCUT2D eigenvalue weighted by atomic mass is 14.1. The minimum atomic E-state index is 0.860. The molecule has 0 aromatic heterocycles. The molecule has 23 heavy (non-hydrogen) atoms. The van der Waals surface area contributed by atoms with Crippen LogP contribution in [0.1, 0.15) is 33.6 Å². The molecule has 0 aliphatic heterocycles. The first-order chi connectivity index (χ1) is 10.7. The fourth-order valence-corrected chi connectivity index (χ4v) is 1.57. The summed E-state index contributed by atoms with van der Waals surface area (Å²) in [6, 6.07) is 0. The Hall–Kier alpha value is -2.34. The van der Waals surface area contributed by atoms with Crippen molar-refractivity contribution in [2.45, 2.75) is 33.6 Å². The monoisotopic (exact) mass is 306 g/mol. The van der Waals surface area contributed by atoms with Crippen LogP contribution < -0.4 is 0 Å². The Balaban J connectivity index is 4.93. The fraction of sp³-hybridized carbons (Fsp3) is 0.217. The first-order valence-corrected chi connectivity index (χ1v) is 7.89. The van der Waals surface area contributed by atoms with Crippen molar-refractivity contribution in [2.24, 2.45) is 0 Å². The van der Waals surface area contributed by atoms with Crippen molar-refractivity contribution >= 4 is 0 Å². The molecule has 0 heterocycles. The van der Waals surface area contributed by atoms with E-state index in [2.05, 4.69) is 53.3 Å². The van der Waals surface area contributed by atoms with Crippen LogP contribution in [0.5, 0.6) is 0 Å². The van der Waals surface area contributed by atoms with Crippen molar-refractivity contribution in [2.75, 3.05) is 0 Å². The largest absolute Gasteiger partial charge is 0.0958 e. The molecule has 0 atom stereocenters. The van der Waals surface area contributed by atoms with E-state index < -0.39 is 0 Å². The van der Waals surface area contributed by atoms with Crippen LogP contribution in [0.3, 0.4) is 0 Å². The van der Waals surface area contributed by atoms with Crippen molar-refractivity contribution in [1.29, 1.82) is 0 Å². The third-order valence-corrected chi connectivity index (χ3v) is 3.62. The van der Waals surface area contributed by atoms with Crippen LogP contribution in [0.4, 0.5) is 0 Å². The van der Waals surface area contributed by atoms with Gasteiger partial charge in [0, 0.05) is 0 Å². The maximum absolute atomic E-state index is 4.11. The average molecular weight is 306 g/mol. The normalized spacial score (nSPS) is 11.7. The van der Waals surface area contributed by atoms with Gasteiger partial charge in [-0.05, 0) is 47.6 Å². The molecule has 0 rings (SSSR count). The van der Waals surface area contributed by atoms with E-state index >= 15 is 0 Å². The first kappa shape index (κ1) is 20.7. The molecule has 0 amide bonds. The lowest BCUT2D eigenvalue weighted by Crippen LogP contribution is -1.89. The Labute approximate surface area is 143 Å². The van der Waals surface area contributed by atoms with E-state index in [0.29, 0.717) is 0 Å². The van der Waals surface area contributed by atoms with Crippen LogP contribution in [0.2, 0.25) is 0 Å². The molecule has 0 nitrogen and oxygen atoms in total. The summed E-state index contributed by atoms with van der Waals surface area (Å²) in [6.07, 6.45) is 11.7. The van der Waals surface area contributed by atoms with Gasteiger partial charge in [0.1, 0.15) is 0 Å². The van der Waals surface area contributed by atoms with Gasteiger partial charge >= 0.3 is 0 Å². The third kappa shape index (κ3) is 8.01. The van der Waals surface area contributed by atoms with Crippen molar-refractivity contribution in [3.8, 4) is 0 Å². The van der Waals surface area contributed by atoms with E-state index in [1.165, 1.54) is 0 Å². The summed E-state index contributed by atoms with van der Waals surface area (Å²) in [6.45, 7) is 30.3. The summed E-state index contributed by atoms with van der Waals surface area (Å²) in [7, 11) is 0. The topological polar surface area (TPSA) is 0 Å². The number of allylic oxidation sites excluding steroid dienone is 12. The summed E-state index contributed by atoms with van der Waals surface area (Å²) in [5.74, 6) is 0. The van der Waals surface area contributed by atoms with Gasteiger partial charge in [0.05, 0.1) is 0 Å². The molecule has 0 aliphatic rings. The molecule has 0 aliphatic carbocycles. The van der Waals surface area contributed by atoms with Crippen LogP contribution in [0.25, 0.3) is 0 Å². The van der Waals surface area contributed by atoms with E-state index in [9.17, 15) is 0 Å². The molecule has 122 valence electrons. The highest BCUT2D eigenvalue weighted by Gasteiger charge is 2.02. The van der Waals surface area contributed by atoms with Crippen LogP contribution in [0, 0.1) is 0 Å². The molecule has 0 fully saturated rings. The maximum Gasteiger partial charge on any atom is -0.0232 e. The zero-order chi connectivity index (χ0) is 18.0. The Bertz CT molecular complexity index is 612. The predicted octanol–water partition coefficient (Wildman–Crippen LogP) is 7.20. The molecule has 0 saturated carbocycles. The average Bonchev–Trinajstić information content (AvgIpc) is 2.55. The number of hydrogen-bond donors (Lipinski definition) is 0. The summed E-state index contributed by atoms with van der Waals surface area (Å²) in [5, 5.41) is 0. The minimum Gasteiger partial charge on any atom is -0.0958 e.